The molecule has 5 heteroatoms. The number of benzene rings is 2. The first kappa shape index (κ1) is 23.9. The molecule has 3 rings (SSSR count). The van der Waals surface area contributed by atoms with Gasteiger partial charge in [0.05, 0.1) is 29.5 Å². The Morgan fingerprint density at radius 1 is 0.935 bits per heavy atom. The zero-order valence-corrected chi connectivity index (χ0v) is 20.0. The van der Waals surface area contributed by atoms with Gasteiger partial charge < -0.3 is 14.1 Å². The van der Waals surface area contributed by atoms with Crippen molar-refractivity contribution in [1.82, 2.24) is 4.90 Å². The zero-order valence-electron chi connectivity index (χ0n) is 18.5. The average molecular weight is 460 g/mol. The van der Waals surface area contributed by atoms with Crippen LogP contribution >= 0.6 is 23.2 Å². The van der Waals surface area contributed by atoms with Crippen LogP contribution in [0.1, 0.15) is 43.6 Å². The summed E-state index contributed by atoms with van der Waals surface area (Å²) in [7, 11) is 0. The molecule has 0 radical (unpaired) electrons. The first-order valence-electron chi connectivity index (χ1n) is 10.9. The van der Waals surface area contributed by atoms with Gasteiger partial charge in [-0.2, -0.15) is 0 Å². The Hall–Kier alpha value is -1.78. The van der Waals surface area contributed by atoms with Crippen molar-refractivity contribution in [3.05, 3.63) is 81.7 Å². The zero-order chi connectivity index (χ0) is 22.2. The van der Waals surface area contributed by atoms with Gasteiger partial charge in [-0.1, -0.05) is 62.2 Å². The second-order valence-electron chi connectivity index (χ2n) is 7.81. The highest BCUT2D eigenvalue weighted by Crippen LogP contribution is 2.31. The van der Waals surface area contributed by atoms with E-state index in [0.717, 1.165) is 42.9 Å². The SMILES string of the molecule is CCN(CC)CCOCc1cc(-c2ccc(Cl)c(Cl)c2)ccc1CC(C)c1ccco1. The minimum Gasteiger partial charge on any atom is -0.469 e. The van der Waals surface area contributed by atoms with Crippen molar-refractivity contribution in [2.45, 2.75) is 39.7 Å². The summed E-state index contributed by atoms with van der Waals surface area (Å²) in [5.41, 5.74) is 4.62. The van der Waals surface area contributed by atoms with Crippen molar-refractivity contribution < 1.29 is 9.15 Å². The minimum absolute atomic E-state index is 0.292. The van der Waals surface area contributed by atoms with Crippen molar-refractivity contribution >= 4 is 23.2 Å². The van der Waals surface area contributed by atoms with Gasteiger partial charge in [-0.15, -0.1) is 0 Å². The van der Waals surface area contributed by atoms with E-state index < -0.39 is 0 Å². The molecule has 3 nitrogen and oxygen atoms in total. The highest BCUT2D eigenvalue weighted by Gasteiger charge is 2.14. The van der Waals surface area contributed by atoms with E-state index in [2.05, 4.69) is 43.9 Å². The van der Waals surface area contributed by atoms with Gasteiger partial charge in [0.25, 0.3) is 0 Å². The van der Waals surface area contributed by atoms with Gasteiger partial charge in [-0.3, -0.25) is 0 Å². The molecular formula is C26H31Cl2NO2. The average Bonchev–Trinajstić information content (AvgIpc) is 3.32. The summed E-state index contributed by atoms with van der Waals surface area (Å²) < 4.78 is 11.7. The van der Waals surface area contributed by atoms with Crippen LogP contribution in [0.25, 0.3) is 11.1 Å². The maximum atomic E-state index is 6.25. The van der Waals surface area contributed by atoms with Crippen molar-refractivity contribution in [3.63, 3.8) is 0 Å². The maximum absolute atomic E-state index is 6.25. The molecule has 0 N–H and O–H groups in total. The van der Waals surface area contributed by atoms with E-state index in [1.807, 2.05) is 30.3 Å². The largest absolute Gasteiger partial charge is 0.469 e. The fraction of sp³-hybridized carbons (Fsp3) is 0.385. The van der Waals surface area contributed by atoms with E-state index >= 15 is 0 Å². The van der Waals surface area contributed by atoms with Crippen LogP contribution in [0.3, 0.4) is 0 Å². The minimum atomic E-state index is 0.292. The molecule has 1 aromatic heterocycles. The van der Waals surface area contributed by atoms with Crippen LogP contribution in [-0.2, 0) is 17.8 Å². The molecule has 0 spiro atoms. The Kier molecular flexibility index (Phi) is 9.03. The fourth-order valence-electron chi connectivity index (χ4n) is 3.73. The summed E-state index contributed by atoms with van der Waals surface area (Å²) in [6.45, 7) is 10.9. The quantitative estimate of drug-likeness (QED) is 0.278. The summed E-state index contributed by atoms with van der Waals surface area (Å²) in [5.74, 6) is 1.29. The molecule has 0 bridgehead atoms. The monoisotopic (exact) mass is 459 g/mol. The summed E-state index contributed by atoms with van der Waals surface area (Å²) in [6.07, 6.45) is 2.63. The summed E-state index contributed by atoms with van der Waals surface area (Å²) >= 11 is 12.3. The molecule has 0 saturated heterocycles. The Balaban J connectivity index is 1.80. The highest BCUT2D eigenvalue weighted by atomic mass is 35.5. The van der Waals surface area contributed by atoms with Crippen molar-refractivity contribution in [2.75, 3.05) is 26.2 Å². The van der Waals surface area contributed by atoms with Crippen LogP contribution in [0.2, 0.25) is 10.0 Å². The number of hydrogen-bond donors (Lipinski definition) is 0. The highest BCUT2D eigenvalue weighted by molar-refractivity contribution is 6.42. The number of rotatable bonds is 11. The smallest absolute Gasteiger partial charge is 0.106 e. The molecule has 166 valence electrons. The molecule has 0 aliphatic rings. The lowest BCUT2D eigenvalue weighted by Gasteiger charge is -2.19. The van der Waals surface area contributed by atoms with E-state index in [9.17, 15) is 0 Å². The molecule has 0 aliphatic heterocycles. The molecule has 0 saturated carbocycles. The second kappa shape index (κ2) is 11.7. The third-order valence-corrected chi connectivity index (χ3v) is 6.46. The van der Waals surface area contributed by atoms with Crippen LogP contribution in [0.15, 0.2) is 59.2 Å². The Morgan fingerprint density at radius 2 is 1.68 bits per heavy atom. The predicted octanol–water partition coefficient (Wildman–Crippen LogP) is 7.46. The van der Waals surface area contributed by atoms with Crippen LogP contribution < -0.4 is 0 Å². The van der Waals surface area contributed by atoms with Crippen LogP contribution in [0.5, 0.6) is 0 Å². The maximum Gasteiger partial charge on any atom is 0.106 e. The molecule has 0 fully saturated rings. The van der Waals surface area contributed by atoms with Gasteiger partial charge in [0.2, 0.25) is 0 Å². The molecular weight excluding hydrogens is 429 g/mol. The third-order valence-electron chi connectivity index (χ3n) is 5.72. The van der Waals surface area contributed by atoms with Gasteiger partial charge >= 0.3 is 0 Å². The van der Waals surface area contributed by atoms with Crippen molar-refractivity contribution in [1.29, 1.82) is 0 Å². The third kappa shape index (κ3) is 6.60. The molecule has 31 heavy (non-hydrogen) atoms. The lowest BCUT2D eigenvalue weighted by Crippen LogP contribution is -2.27. The fourth-order valence-corrected chi connectivity index (χ4v) is 4.03. The molecule has 1 heterocycles. The van der Waals surface area contributed by atoms with E-state index in [1.165, 1.54) is 11.1 Å². The Bertz CT molecular complexity index is 952. The topological polar surface area (TPSA) is 25.6 Å². The molecule has 0 aliphatic carbocycles. The standard InChI is InChI=1S/C26H31Cl2NO2/c1-4-29(5-2)12-14-30-18-23-16-21(22-10-11-24(27)25(28)17-22)9-8-20(23)15-19(3)26-7-6-13-31-26/h6-11,13,16-17,19H,4-5,12,14-15,18H2,1-3H3. The Morgan fingerprint density at radius 3 is 2.35 bits per heavy atom. The van der Waals surface area contributed by atoms with Crippen molar-refractivity contribution in [3.8, 4) is 11.1 Å². The second-order valence-corrected chi connectivity index (χ2v) is 8.63. The number of likely N-dealkylation sites (N-methyl/N-ethyl adjacent to an activating group) is 1. The first-order chi connectivity index (χ1) is 15.0. The lowest BCUT2D eigenvalue weighted by atomic mass is 9.92. The first-order valence-corrected chi connectivity index (χ1v) is 11.7. The van der Waals surface area contributed by atoms with Gasteiger partial charge in [-0.25, -0.2) is 0 Å². The van der Waals surface area contributed by atoms with Crippen LogP contribution in [0.4, 0.5) is 0 Å². The number of halogens is 2. The van der Waals surface area contributed by atoms with Gasteiger partial charge in [0, 0.05) is 12.5 Å². The lowest BCUT2D eigenvalue weighted by molar-refractivity contribution is 0.0952. The molecule has 0 amide bonds. The normalized spacial score (nSPS) is 12.5. The van der Waals surface area contributed by atoms with Crippen molar-refractivity contribution in [2.24, 2.45) is 0 Å². The molecule has 2 aromatic carbocycles. The van der Waals surface area contributed by atoms with E-state index in [4.69, 9.17) is 32.4 Å². The molecule has 1 unspecified atom stereocenters. The summed E-state index contributed by atoms with van der Waals surface area (Å²) in [6, 6.07) is 16.3. The van der Waals surface area contributed by atoms with Crippen LogP contribution in [-0.4, -0.2) is 31.1 Å². The number of furan rings is 1. The predicted molar refractivity (Wildman–Crippen MR) is 130 cm³/mol. The molecule has 3 aromatic rings. The summed E-state index contributed by atoms with van der Waals surface area (Å²) in [5, 5.41) is 1.13. The van der Waals surface area contributed by atoms with E-state index in [-0.39, 0.29) is 0 Å². The van der Waals surface area contributed by atoms with Crippen LogP contribution in [0, 0.1) is 0 Å². The van der Waals surface area contributed by atoms with E-state index in [1.54, 1.807) is 6.26 Å². The number of hydrogen-bond acceptors (Lipinski definition) is 3. The number of ether oxygens (including phenoxy) is 1. The Labute approximate surface area is 195 Å². The van der Waals surface area contributed by atoms with E-state index in [0.29, 0.717) is 29.2 Å². The van der Waals surface area contributed by atoms with Gasteiger partial charge in [0.1, 0.15) is 5.76 Å². The molecule has 1 atom stereocenters. The summed E-state index contributed by atoms with van der Waals surface area (Å²) in [4.78, 5) is 2.37. The van der Waals surface area contributed by atoms with Gasteiger partial charge in [-0.05, 0) is 72.1 Å². The number of nitrogens with zero attached hydrogens (tertiary/aromatic N) is 1. The van der Waals surface area contributed by atoms with Gasteiger partial charge in [0.15, 0.2) is 0 Å².